The number of carbonyl (C=O) groups is 2. The highest BCUT2D eigenvalue weighted by Crippen LogP contribution is 2.36. The molecule has 6 nitrogen and oxygen atoms in total. The standard InChI is InChI=1S/C11H11ClN2OS.C7H16.C4H9NO.C2H4O.C2H6/c1-13-9-7-5-6(12)3-4-8(7)16-10(9)11(15)14-2;1-3-5-7-6-4-2;1-3-6-4-2-5-1;1-2-3;1-2/h3-5,13H,1-2H3,(H,14,15);3-7H2,1-2H3;5H,1-4H2;2H,1H3;1-2H3. The van der Waals surface area contributed by atoms with Crippen LogP contribution in [0.5, 0.6) is 0 Å². The summed E-state index contributed by atoms with van der Waals surface area (Å²) in [7, 11) is 3.42. The summed E-state index contributed by atoms with van der Waals surface area (Å²) in [5.41, 5.74) is 0.835. The van der Waals surface area contributed by atoms with Gasteiger partial charge in [0.15, 0.2) is 0 Å². The topological polar surface area (TPSA) is 79.5 Å². The van der Waals surface area contributed by atoms with Crippen molar-refractivity contribution in [2.75, 3.05) is 45.7 Å². The van der Waals surface area contributed by atoms with Crippen molar-refractivity contribution < 1.29 is 14.3 Å². The number of thiophene rings is 1. The molecule has 0 saturated carbocycles. The number of morpholine rings is 1. The number of aldehydes is 1. The molecule has 2 heterocycles. The summed E-state index contributed by atoms with van der Waals surface area (Å²) in [4.78, 5) is 21.2. The summed E-state index contributed by atoms with van der Waals surface area (Å²) in [6, 6.07) is 5.62. The van der Waals surface area contributed by atoms with E-state index in [1.54, 1.807) is 14.1 Å². The second-order valence-electron chi connectivity index (χ2n) is 6.93. The molecule has 1 amide bonds. The van der Waals surface area contributed by atoms with Gasteiger partial charge in [-0.05, 0) is 25.1 Å². The average molecular weight is 516 g/mol. The Hall–Kier alpha value is -1.67. The van der Waals surface area contributed by atoms with Crippen LogP contribution in [0.3, 0.4) is 0 Å². The third kappa shape index (κ3) is 15.3. The first kappa shape index (κ1) is 34.5. The summed E-state index contributed by atoms with van der Waals surface area (Å²) in [5, 5.41) is 10.5. The minimum atomic E-state index is -0.0818. The van der Waals surface area contributed by atoms with Crippen LogP contribution in [0, 0.1) is 0 Å². The number of hydrogen-bond donors (Lipinski definition) is 3. The fourth-order valence-electron chi connectivity index (χ4n) is 2.78. The van der Waals surface area contributed by atoms with Crippen molar-refractivity contribution >= 4 is 50.9 Å². The van der Waals surface area contributed by atoms with Crippen LogP contribution >= 0.6 is 22.9 Å². The van der Waals surface area contributed by atoms with Crippen molar-refractivity contribution in [3.63, 3.8) is 0 Å². The van der Waals surface area contributed by atoms with Gasteiger partial charge in [-0.2, -0.15) is 0 Å². The molecule has 1 aromatic carbocycles. The molecule has 1 saturated heterocycles. The molecule has 0 radical (unpaired) electrons. The van der Waals surface area contributed by atoms with E-state index in [9.17, 15) is 4.79 Å². The van der Waals surface area contributed by atoms with Crippen molar-refractivity contribution in [3.8, 4) is 0 Å². The molecule has 1 aromatic heterocycles. The summed E-state index contributed by atoms with van der Waals surface area (Å²) >= 11 is 7.40. The Balaban J connectivity index is 0. The van der Waals surface area contributed by atoms with Crippen molar-refractivity contribution in [2.24, 2.45) is 0 Å². The maximum atomic E-state index is 11.7. The lowest BCUT2D eigenvalue weighted by molar-refractivity contribution is -0.106. The lowest BCUT2D eigenvalue weighted by Crippen LogP contribution is -2.30. The van der Waals surface area contributed by atoms with Gasteiger partial charge in [-0.1, -0.05) is 71.4 Å². The van der Waals surface area contributed by atoms with Gasteiger partial charge in [0.1, 0.15) is 11.2 Å². The van der Waals surface area contributed by atoms with E-state index in [4.69, 9.17) is 21.1 Å². The van der Waals surface area contributed by atoms with Crippen LogP contribution < -0.4 is 16.0 Å². The molecule has 0 bridgehead atoms. The van der Waals surface area contributed by atoms with E-state index < -0.39 is 0 Å². The molecule has 1 aliphatic heterocycles. The first-order valence-corrected chi connectivity index (χ1v) is 13.5. The van der Waals surface area contributed by atoms with Gasteiger partial charge in [-0.3, -0.25) is 4.79 Å². The van der Waals surface area contributed by atoms with Crippen LogP contribution in [-0.4, -0.2) is 52.6 Å². The number of nitrogens with one attached hydrogen (secondary N) is 3. The highest BCUT2D eigenvalue weighted by Gasteiger charge is 2.16. The molecule has 1 aliphatic rings. The molecule has 3 N–H and O–H groups in total. The maximum absolute atomic E-state index is 11.7. The number of rotatable bonds is 6. The van der Waals surface area contributed by atoms with Gasteiger partial charge in [0.2, 0.25) is 0 Å². The van der Waals surface area contributed by atoms with E-state index in [2.05, 4.69) is 29.8 Å². The monoisotopic (exact) mass is 515 g/mol. The molecule has 0 spiro atoms. The molecule has 0 atom stereocenters. The predicted octanol–water partition coefficient (Wildman–Crippen LogP) is 6.77. The average Bonchev–Trinajstić information content (AvgIpc) is 3.25. The number of carbonyl (C=O) groups excluding carboxylic acids is 2. The molecular weight excluding hydrogens is 470 g/mol. The molecule has 3 rings (SSSR count). The largest absolute Gasteiger partial charge is 0.386 e. The van der Waals surface area contributed by atoms with Gasteiger partial charge in [-0.15, -0.1) is 11.3 Å². The molecule has 2 aromatic rings. The van der Waals surface area contributed by atoms with Crippen molar-refractivity contribution in [2.45, 2.75) is 66.7 Å². The zero-order valence-electron chi connectivity index (χ0n) is 22.2. The Kier molecular flexibility index (Phi) is 24.8. The van der Waals surface area contributed by atoms with Crippen LogP contribution in [0.1, 0.15) is 76.4 Å². The lowest BCUT2D eigenvalue weighted by Gasteiger charge is -2.10. The van der Waals surface area contributed by atoms with E-state index in [0.29, 0.717) is 9.90 Å². The van der Waals surface area contributed by atoms with E-state index >= 15 is 0 Å². The van der Waals surface area contributed by atoms with Gasteiger partial charge in [-0.25, -0.2) is 0 Å². The Bertz CT molecular complexity index is 750. The van der Waals surface area contributed by atoms with Crippen LogP contribution in [0.15, 0.2) is 18.2 Å². The lowest BCUT2D eigenvalue weighted by atomic mass is 10.2. The molecule has 0 aliphatic carbocycles. The normalized spacial score (nSPS) is 11.6. The van der Waals surface area contributed by atoms with E-state index in [1.807, 2.05) is 32.0 Å². The van der Waals surface area contributed by atoms with Gasteiger partial charge < -0.3 is 25.5 Å². The second-order valence-corrected chi connectivity index (χ2v) is 8.42. The smallest absolute Gasteiger partial charge is 0.263 e. The predicted molar refractivity (Wildman–Crippen MR) is 151 cm³/mol. The number of hydrogen-bond acceptors (Lipinski definition) is 6. The number of benzene rings is 1. The SMILES string of the molecule is C1COCCN1.CC.CC=O.CCCCCCC.CNC(=O)c1sc2ccc(Cl)cc2c1NC. The zero-order valence-corrected chi connectivity index (χ0v) is 23.8. The van der Waals surface area contributed by atoms with Gasteiger partial charge >= 0.3 is 0 Å². The zero-order chi connectivity index (χ0) is 26.2. The number of halogens is 1. The quantitative estimate of drug-likeness (QED) is 0.292. The highest BCUT2D eigenvalue weighted by atomic mass is 35.5. The number of fused-ring (bicyclic) bond motifs is 1. The Morgan fingerprint density at radius 2 is 1.68 bits per heavy atom. The fourth-order valence-corrected chi connectivity index (χ4v) is 4.09. The molecule has 8 heteroatoms. The molecule has 196 valence electrons. The number of amides is 1. The van der Waals surface area contributed by atoms with E-state index in [1.165, 1.54) is 50.4 Å². The Morgan fingerprint density at radius 1 is 1.12 bits per heavy atom. The van der Waals surface area contributed by atoms with Crippen molar-refractivity contribution in [3.05, 3.63) is 28.1 Å². The van der Waals surface area contributed by atoms with Crippen molar-refractivity contribution in [1.29, 1.82) is 0 Å². The minimum absolute atomic E-state index is 0.0818. The van der Waals surface area contributed by atoms with Gasteiger partial charge in [0.25, 0.3) is 5.91 Å². The summed E-state index contributed by atoms with van der Waals surface area (Å²) in [5.74, 6) is -0.0818. The third-order valence-electron chi connectivity index (χ3n) is 4.39. The number of ether oxygens (including phenoxy) is 1. The molecular formula is C26H46ClN3O3S. The summed E-state index contributed by atoms with van der Waals surface area (Å²) in [6.45, 7) is 13.8. The summed E-state index contributed by atoms with van der Waals surface area (Å²) < 4.78 is 6.06. The number of anilines is 1. The minimum Gasteiger partial charge on any atom is -0.386 e. The Morgan fingerprint density at radius 3 is 2.06 bits per heavy atom. The summed E-state index contributed by atoms with van der Waals surface area (Å²) in [6.07, 6.45) is 7.76. The maximum Gasteiger partial charge on any atom is 0.263 e. The Labute approximate surface area is 216 Å². The number of unbranched alkanes of at least 4 members (excludes halogenated alkanes) is 4. The van der Waals surface area contributed by atoms with Crippen molar-refractivity contribution in [1.82, 2.24) is 10.6 Å². The molecule has 0 unspecified atom stereocenters. The van der Waals surface area contributed by atoms with E-state index in [0.717, 1.165) is 48.4 Å². The highest BCUT2D eigenvalue weighted by molar-refractivity contribution is 7.21. The third-order valence-corrected chi connectivity index (χ3v) is 5.79. The molecule has 34 heavy (non-hydrogen) atoms. The fraction of sp³-hybridized carbons (Fsp3) is 0.615. The first-order chi connectivity index (χ1) is 16.5. The first-order valence-electron chi connectivity index (χ1n) is 12.3. The van der Waals surface area contributed by atoms with Gasteiger partial charge in [0, 0.05) is 42.3 Å². The van der Waals surface area contributed by atoms with Crippen LogP contribution in [0.2, 0.25) is 5.02 Å². The van der Waals surface area contributed by atoms with Crippen LogP contribution in [-0.2, 0) is 9.53 Å². The molecule has 1 fully saturated rings. The van der Waals surface area contributed by atoms with Crippen LogP contribution in [0.25, 0.3) is 10.1 Å². The van der Waals surface area contributed by atoms with Gasteiger partial charge in [0.05, 0.1) is 18.9 Å². The van der Waals surface area contributed by atoms with Crippen LogP contribution in [0.4, 0.5) is 5.69 Å². The van der Waals surface area contributed by atoms with E-state index in [-0.39, 0.29) is 5.91 Å². The second kappa shape index (κ2) is 24.5.